The summed E-state index contributed by atoms with van der Waals surface area (Å²) in [6.07, 6.45) is 2.45. The van der Waals surface area contributed by atoms with Crippen LogP contribution >= 0.6 is 0 Å². The molecule has 0 bridgehead atoms. The fraction of sp³-hybridized carbons (Fsp3) is 0.567. The van der Waals surface area contributed by atoms with E-state index in [0.29, 0.717) is 80.9 Å². The summed E-state index contributed by atoms with van der Waals surface area (Å²) in [6, 6.07) is 11.1. The summed E-state index contributed by atoms with van der Waals surface area (Å²) in [4.78, 5) is 15.0. The van der Waals surface area contributed by atoms with Crippen molar-refractivity contribution in [2.75, 3.05) is 38.8 Å². The smallest absolute Gasteiger partial charge is 0.317 e. The lowest BCUT2D eigenvalue weighted by Gasteiger charge is -2.30. The average molecular weight is 591 g/mol. The van der Waals surface area contributed by atoms with E-state index in [2.05, 4.69) is 19.2 Å². The van der Waals surface area contributed by atoms with Gasteiger partial charge in [0.1, 0.15) is 0 Å². The molecule has 0 aromatic heterocycles. The molecule has 1 heterocycles. The van der Waals surface area contributed by atoms with Crippen LogP contribution in [0.1, 0.15) is 58.9 Å². The van der Waals surface area contributed by atoms with Crippen LogP contribution in [0, 0.1) is 11.8 Å². The number of aliphatic hydroxyl groups excluding tert-OH is 1. The predicted molar refractivity (Wildman–Crippen MR) is 160 cm³/mol. The summed E-state index contributed by atoms with van der Waals surface area (Å²) in [5, 5.41) is 13.2. The summed E-state index contributed by atoms with van der Waals surface area (Å²) < 4.78 is 39.3. The number of carbonyl (C=O) groups is 1. The highest BCUT2D eigenvalue weighted by molar-refractivity contribution is 7.89. The first-order chi connectivity index (χ1) is 19.5. The van der Waals surface area contributed by atoms with Gasteiger partial charge in [-0.05, 0) is 73.1 Å². The molecule has 1 atom stereocenters. The van der Waals surface area contributed by atoms with Gasteiger partial charge in [0.2, 0.25) is 16.8 Å². The van der Waals surface area contributed by atoms with Gasteiger partial charge in [0, 0.05) is 37.9 Å². The molecule has 228 valence electrons. The van der Waals surface area contributed by atoms with Gasteiger partial charge in [0.25, 0.3) is 0 Å². The van der Waals surface area contributed by atoms with Gasteiger partial charge in [0.15, 0.2) is 11.5 Å². The Balaban J connectivity index is 1.56. The molecule has 2 aromatic carbocycles. The number of amides is 2. The molecule has 0 saturated carbocycles. The highest BCUT2D eigenvalue weighted by Crippen LogP contribution is 2.33. The first-order valence-electron chi connectivity index (χ1n) is 14.4. The van der Waals surface area contributed by atoms with Crippen molar-refractivity contribution in [1.29, 1.82) is 0 Å². The molecular formula is C30H46N4O6S. The van der Waals surface area contributed by atoms with E-state index in [9.17, 15) is 18.3 Å². The average Bonchev–Trinajstić information content (AvgIpc) is 3.39. The summed E-state index contributed by atoms with van der Waals surface area (Å²) >= 11 is 0. The van der Waals surface area contributed by atoms with E-state index >= 15 is 0 Å². The highest BCUT2D eigenvalue weighted by atomic mass is 32.2. The van der Waals surface area contributed by atoms with Crippen LogP contribution in [-0.4, -0.2) is 67.8 Å². The van der Waals surface area contributed by atoms with Gasteiger partial charge in [-0.3, -0.25) is 0 Å². The molecule has 2 aromatic rings. The molecule has 0 spiro atoms. The standard InChI is InChI=1S/C30H46N4O6S/c1-22(2)14-16-34(41(37,38)27-11-9-25(31)10-12-27)26(20-35)7-5-6-15-32-30(36)33(18-23(3)4)19-24-8-13-28-29(17-24)40-21-39-28/h8-13,17,22-23,26,35H,5-7,14-16,18-21,31H2,1-4H3,(H,32,36)/t26-/m0/s1. The van der Waals surface area contributed by atoms with Crippen molar-refractivity contribution in [3.63, 3.8) is 0 Å². The third kappa shape index (κ3) is 9.51. The summed E-state index contributed by atoms with van der Waals surface area (Å²) in [7, 11) is -3.81. The minimum atomic E-state index is -3.81. The fourth-order valence-electron chi connectivity index (χ4n) is 4.72. The second-order valence-corrected chi connectivity index (χ2v) is 13.3. The van der Waals surface area contributed by atoms with Crippen LogP contribution < -0.4 is 20.5 Å². The summed E-state index contributed by atoms with van der Waals surface area (Å²) in [6.45, 7) is 9.95. The number of hydrogen-bond acceptors (Lipinski definition) is 7. The number of nitrogens with one attached hydrogen (secondary N) is 1. The van der Waals surface area contributed by atoms with E-state index in [1.807, 2.05) is 32.0 Å². The Morgan fingerprint density at radius 2 is 1.71 bits per heavy atom. The molecule has 2 amide bonds. The van der Waals surface area contributed by atoms with Crippen LogP contribution in [-0.2, 0) is 16.6 Å². The molecule has 0 saturated heterocycles. The number of sulfonamides is 1. The Morgan fingerprint density at radius 3 is 2.37 bits per heavy atom. The van der Waals surface area contributed by atoms with Crippen molar-refractivity contribution in [1.82, 2.24) is 14.5 Å². The highest BCUT2D eigenvalue weighted by Gasteiger charge is 2.31. The molecule has 11 heteroatoms. The fourth-order valence-corrected chi connectivity index (χ4v) is 6.38. The van der Waals surface area contributed by atoms with Crippen LogP contribution in [0.3, 0.4) is 0 Å². The maximum atomic E-state index is 13.5. The lowest BCUT2D eigenvalue weighted by Crippen LogP contribution is -2.43. The molecule has 0 unspecified atom stereocenters. The number of rotatable bonds is 16. The number of nitrogens with two attached hydrogens (primary N) is 1. The third-order valence-corrected chi connectivity index (χ3v) is 8.92. The van der Waals surface area contributed by atoms with Gasteiger partial charge >= 0.3 is 6.03 Å². The van der Waals surface area contributed by atoms with E-state index in [-0.39, 0.29) is 24.3 Å². The van der Waals surface area contributed by atoms with Crippen molar-refractivity contribution in [2.24, 2.45) is 11.8 Å². The Bertz CT molecular complexity index is 1220. The van der Waals surface area contributed by atoms with Gasteiger partial charge in [-0.1, -0.05) is 40.2 Å². The summed E-state index contributed by atoms with van der Waals surface area (Å²) in [5.41, 5.74) is 7.20. The number of unbranched alkanes of at least 4 members (excludes halogenated alkanes) is 1. The van der Waals surface area contributed by atoms with E-state index in [1.165, 1.54) is 16.4 Å². The molecule has 41 heavy (non-hydrogen) atoms. The van der Waals surface area contributed by atoms with Gasteiger partial charge in [-0.2, -0.15) is 4.31 Å². The van der Waals surface area contributed by atoms with Crippen molar-refractivity contribution >= 4 is 21.7 Å². The lowest BCUT2D eigenvalue weighted by molar-refractivity contribution is 0.171. The maximum absolute atomic E-state index is 13.5. The zero-order valence-electron chi connectivity index (χ0n) is 24.7. The molecular weight excluding hydrogens is 544 g/mol. The van der Waals surface area contributed by atoms with Crippen molar-refractivity contribution < 1.29 is 27.8 Å². The Hall–Kier alpha value is -3.02. The van der Waals surface area contributed by atoms with Crippen molar-refractivity contribution in [3.8, 4) is 11.5 Å². The number of carbonyl (C=O) groups excluding carboxylic acids is 1. The van der Waals surface area contributed by atoms with Crippen LogP contribution in [0.15, 0.2) is 47.4 Å². The number of fused-ring (bicyclic) bond motifs is 1. The molecule has 1 aliphatic rings. The number of anilines is 1. The normalized spacial score (nSPS) is 13.7. The van der Waals surface area contributed by atoms with Crippen molar-refractivity contribution in [2.45, 2.75) is 70.9 Å². The van der Waals surface area contributed by atoms with Gasteiger partial charge in [-0.25, -0.2) is 13.2 Å². The topological polar surface area (TPSA) is 134 Å². The van der Waals surface area contributed by atoms with Crippen LogP contribution in [0.4, 0.5) is 10.5 Å². The summed E-state index contributed by atoms with van der Waals surface area (Å²) in [5.74, 6) is 1.99. The Kier molecular flexibility index (Phi) is 12.1. The van der Waals surface area contributed by atoms with E-state index in [1.54, 1.807) is 17.0 Å². The number of benzene rings is 2. The third-order valence-electron chi connectivity index (χ3n) is 6.96. The van der Waals surface area contributed by atoms with Crippen LogP contribution in [0.2, 0.25) is 0 Å². The number of aliphatic hydroxyl groups is 1. The number of hydrogen-bond donors (Lipinski definition) is 3. The molecule has 3 rings (SSSR count). The largest absolute Gasteiger partial charge is 0.454 e. The quantitative estimate of drug-likeness (QED) is 0.194. The first kappa shape index (κ1) is 32.5. The second-order valence-electron chi connectivity index (χ2n) is 11.4. The molecule has 0 radical (unpaired) electrons. The zero-order chi connectivity index (χ0) is 30.0. The molecule has 4 N–H and O–H groups in total. The molecule has 1 aliphatic heterocycles. The number of urea groups is 1. The Labute approximate surface area is 244 Å². The first-order valence-corrected chi connectivity index (χ1v) is 15.8. The van der Waals surface area contributed by atoms with E-state index in [4.69, 9.17) is 15.2 Å². The van der Waals surface area contributed by atoms with E-state index in [0.717, 1.165) is 5.56 Å². The number of nitrogen functional groups attached to an aromatic ring is 1. The molecule has 10 nitrogen and oxygen atoms in total. The zero-order valence-corrected chi connectivity index (χ0v) is 25.5. The maximum Gasteiger partial charge on any atom is 0.317 e. The van der Waals surface area contributed by atoms with Crippen molar-refractivity contribution in [3.05, 3.63) is 48.0 Å². The monoisotopic (exact) mass is 590 g/mol. The van der Waals surface area contributed by atoms with Gasteiger partial charge in [-0.15, -0.1) is 0 Å². The molecule has 0 fully saturated rings. The minimum Gasteiger partial charge on any atom is -0.454 e. The SMILES string of the molecule is CC(C)CCN([C@H](CO)CCCCNC(=O)N(Cc1ccc2c(c1)OCO2)CC(C)C)S(=O)(=O)c1ccc(N)cc1. The van der Waals surface area contributed by atoms with Crippen LogP contribution in [0.25, 0.3) is 0 Å². The predicted octanol–water partition coefficient (Wildman–Crippen LogP) is 4.43. The second kappa shape index (κ2) is 15.3. The Morgan fingerprint density at radius 1 is 1.00 bits per heavy atom. The molecule has 0 aliphatic carbocycles. The number of ether oxygens (including phenoxy) is 2. The van der Waals surface area contributed by atoms with Gasteiger partial charge in [0.05, 0.1) is 11.5 Å². The number of nitrogens with zero attached hydrogens (tertiary/aromatic N) is 2. The minimum absolute atomic E-state index is 0.153. The van der Waals surface area contributed by atoms with Crippen LogP contribution in [0.5, 0.6) is 11.5 Å². The lowest BCUT2D eigenvalue weighted by atomic mass is 10.1. The van der Waals surface area contributed by atoms with E-state index < -0.39 is 16.1 Å². The van der Waals surface area contributed by atoms with Gasteiger partial charge < -0.3 is 30.5 Å².